The minimum atomic E-state index is -0.589. The van der Waals surface area contributed by atoms with Gasteiger partial charge in [-0.2, -0.15) is 15.2 Å². The van der Waals surface area contributed by atoms with Crippen LogP contribution in [0.3, 0.4) is 0 Å². The lowest BCUT2D eigenvalue weighted by atomic mass is 10.2. The number of H-pyrrole nitrogens is 1. The molecule has 1 aromatic heterocycles. The molecule has 1 heterocycles. The van der Waals surface area contributed by atoms with E-state index in [0.717, 1.165) is 0 Å². The number of ether oxygens (including phenoxy) is 3. The molecule has 35 heavy (non-hydrogen) atoms. The fourth-order valence-corrected chi connectivity index (χ4v) is 2.79. The molecule has 0 radical (unpaired) electrons. The molecule has 3 rings (SSSR count). The van der Waals surface area contributed by atoms with Gasteiger partial charge in [-0.1, -0.05) is 0 Å². The molecular formula is C23H24N6O6. The number of amides is 1. The van der Waals surface area contributed by atoms with Crippen molar-refractivity contribution in [3.05, 3.63) is 69.8 Å². The predicted molar refractivity (Wildman–Crippen MR) is 128 cm³/mol. The maximum absolute atomic E-state index is 12.3. The third-order valence-corrected chi connectivity index (χ3v) is 4.49. The normalized spacial score (nSPS) is 10.6. The Balaban J connectivity index is 1.56. The van der Waals surface area contributed by atoms with E-state index in [2.05, 4.69) is 31.0 Å². The van der Waals surface area contributed by atoms with Crippen molar-refractivity contribution in [2.45, 2.75) is 13.8 Å². The second-order valence-corrected chi connectivity index (χ2v) is 6.99. The number of carbonyl (C=O) groups excluding carboxylic acids is 2. The molecule has 0 fully saturated rings. The van der Waals surface area contributed by atoms with E-state index in [1.165, 1.54) is 13.3 Å². The number of nitrogens with one attached hydrogen (secondary N) is 3. The van der Waals surface area contributed by atoms with Gasteiger partial charge in [0.25, 0.3) is 5.91 Å². The first-order valence-electron chi connectivity index (χ1n) is 10.5. The third kappa shape index (κ3) is 7.12. The van der Waals surface area contributed by atoms with Gasteiger partial charge in [-0.3, -0.25) is 10.2 Å². The summed E-state index contributed by atoms with van der Waals surface area (Å²) in [6.07, 6.45) is 1.50. The number of rotatable bonds is 10. The minimum Gasteiger partial charge on any atom is -0.493 e. The molecule has 3 aromatic rings. The molecule has 0 saturated heterocycles. The fourth-order valence-electron chi connectivity index (χ4n) is 2.79. The first-order chi connectivity index (χ1) is 16.9. The quantitative estimate of drug-likeness (QED) is 0.225. The van der Waals surface area contributed by atoms with E-state index in [9.17, 15) is 14.4 Å². The Kier molecular flexibility index (Phi) is 8.48. The van der Waals surface area contributed by atoms with Crippen molar-refractivity contribution in [3.63, 3.8) is 0 Å². The van der Waals surface area contributed by atoms with Crippen LogP contribution in [0.5, 0.6) is 11.5 Å². The standard InChI is InChI=1S/C23H24N6O6/c1-4-34-22(31)16-6-8-17(9-7-16)25-20(30)13-35-18-10-5-15(11-19(18)33-3)12-24-28-21-14(2)27-29-23(32)26-21/h5-12H,4,13H2,1-3H3,(H,25,30)(H2,26,28,29,32). The maximum Gasteiger partial charge on any atom is 0.363 e. The van der Waals surface area contributed by atoms with Gasteiger partial charge in [0.2, 0.25) is 0 Å². The largest absolute Gasteiger partial charge is 0.493 e. The highest BCUT2D eigenvalue weighted by Gasteiger charge is 2.10. The van der Waals surface area contributed by atoms with Gasteiger partial charge >= 0.3 is 11.7 Å². The summed E-state index contributed by atoms with van der Waals surface area (Å²) in [5, 5.41) is 12.8. The van der Waals surface area contributed by atoms with Crippen LogP contribution >= 0.6 is 0 Å². The number of methoxy groups -OCH3 is 1. The van der Waals surface area contributed by atoms with Crippen LogP contribution in [-0.2, 0) is 9.53 Å². The molecule has 1 amide bonds. The van der Waals surface area contributed by atoms with Crippen molar-refractivity contribution in [2.24, 2.45) is 5.10 Å². The Morgan fingerprint density at radius 1 is 1.14 bits per heavy atom. The lowest BCUT2D eigenvalue weighted by molar-refractivity contribution is -0.118. The van der Waals surface area contributed by atoms with E-state index in [4.69, 9.17) is 14.2 Å². The van der Waals surface area contributed by atoms with E-state index in [0.29, 0.717) is 34.0 Å². The van der Waals surface area contributed by atoms with Crippen LogP contribution in [-0.4, -0.2) is 53.6 Å². The minimum absolute atomic E-state index is 0.235. The molecule has 0 spiro atoms. The molecule has 3 N–H and O–H groups in total. The molecule has 182 valence electrons. The van der Waals surface area contributed by atoms with Gasteiger partial charge in [0.15, 0.2) is 23.9 Å². The van der Waals surface area contributed by atoms with Gasteiger partial charge in [0.05, 0.1) is 25.5 Å². The van der Waals surface area contributed by atoms with Crippen molar-refractivity contribution in [2.75, 3.05) is 31.1 Å². The molecule has 0 atom stereocenters. The lowest BCUT2D eigenvalue weighted by Gasteiger charge is -2.11. The average molecular weight is 480 g/mol. The zero-order valence-corrected chi connectivity index (χ0v) is 19.3. The summed E-state index contributed by atoms with van der Waals surface area (Å²) in [4.78, 5) is 39.0. The Morgan fingerprint density at radius 2 is 1.91 bits per heavy atom. The number of anilines is 2. The average Bonchev–Trinajstić information content (AvgIpc) is 2.85. The fraction of sp³-hybridized carbons (Fsp3) is 0.217. The summed E-state index contributed by atoms with van der Waals surface area (Å²) in [6, 6.07) is 11.4. The van der Waals surface area contributed by atoms with Gasteiger partial charge in [-0.15, -0.1) is 0 Å². The highest BCUT2D eigenvalue weighted by atomic mass is 16.5. The first kappa shape index (κ1) is 24.9. The highest BCUT2D eigenvalue weighted by molar-refractivity contribution is 5.93. The van der Waals surface area contributed by atoms with Crippen molar-refractivity contribution in [3.8, 4) is 11.5 Å². The van der Waals surface area contributed by atoms with Crippen LogP contribution in [0.1, 0.15) is 28.5 Å². The van der Waals surface area contributed by atoms with E-state index >= 15 is 0 Å². The highest BCUT2D eigenvalue weighted by Crippen LogP contribution is 2.27. The zero-order chi connectivity index (χ0) is 25.2. The van der Waals surface area contributed by atoms with Crippen LogP contribution in [0.25, 0.3) is 0 Å². The Bertz CT molecular complexity index is 1270. The molecule has 0 bridgehead atoms. The van der Waals surface area contributed by atoms with Crippen molar-refractivity contribution < 1.29 is 23.8 Å². The van der Waals surface area contributed by atoms with Crippen LogP contribution in [0.4, 0.5) is 11.5 Å². The summed E-state index contributed by atoms with van der Waals surface area (Å²) in [7, 11) is 1.47. The Hall–Kier alpha value is -4.74. The molecule has 0 aliphatic carbocycles. The SMILES string of the molecule is CCOC(=O)c1ccc(NC(=O)COc2ccc(C=NNc3nc(=O)[nH]nc3C)cc2OC)cc1. The van der Waals surface area contributed by atoms with Crippen LogP contribution in [0.15, 0.2) is 52.4 Å². The number of aromatic amines is 1. The van der Waals surface area contributed by atoms with Gasteiger partial charge in [0, 0.05) is 5.69 Å². The molecule has 12 heteroatoms. The number of hydrogen-bond donors (Lipinski definition) is 3. The third-order valence-electron chi connectivity index (χ3n) is 4.49. The molecule has 0 unspecified atom stereocenters. The number of hydrazone groups is 1. The maximum atomic E-state index is 12.3. The monoisotopic (exact) mass is 480 g/mol. The summed E-state index contributed by atoms with van der Waals surface area (Å²) in [5.41, 5.74) is 4.13. The molecule has 0 aliphatic heterocycles. The number of esters is 1. The van der Waals surface area contributed by atoms with Gasteiger partial charge in [0.1, 0.15) is 5.69 Å². The van der Waals surface area contributed by atoms with Crippen LogP contribution < -0.4 is 25.9 Å². The molecule has 12 nitrogen and oxygen atoms in total. The summed E-state index contributed by atoms with van der Waals surface area (Å²) >= 11 is 0. The molecule has 0 saturated carbocycles. The number of carbonyl (C=O) groups is 2. The van der Waals surface area contributed by atoms with Crippen molar-refractivity contribution >= 4 is 29.6 Å². The van der Waals surface area contributed by atoms with Gasteiger partial charge < -0.3 is 19.5 Å². The smallest absolute Gasteiger partial charge is 0.363 e. The number of aromatic nitrogens is 3. The first-order valence-corrected chi connectivity index (χ1v) is 10.5. The topological polar surface area (TPSA) is 157 Å². The molecule has 2 aromatic carbocycles. The summed E-state index contributed by atoms with van der Waals surface area (Å²) < 4.78 is 15.9. The lowest BCUT2D eigenvalue weighted by Crippen LogP contribution is -2.20. The molecular weight excluding hydrogens is 456 g/mol. The Labute approximate surface area is 200 Å². The molecule has 0 aliphatic rings. The van der Waals surface area contributed by atoms with Crippen molar-refractivity contribution in [1.29, 1.82) is 0 Å². The van der Waals surface area contributed by atoms with E-state index < -0.39 is 11.7 Å². The Morgan fingerprint density at radius 3 is 2.63 bits per heavy atom. The summed E-state index contributed by atoms with van der Waals surface area (Å²) in [6.45, 7) is 3.43. The van der Waals surface area contributed by atoms with Gasteiger partial charge in [-0.05, 0) is 61.9 Å². The van der Waals surface area contributed by atoms with E-state index in [1.54, 1.807) is 56.3 Å². The number of hydrogen-bond acceptors (Lipinski definition) is 10. The number of aryl methyl sites for hydroxylation is 1. The number of nitrogens with zero attached hydrogens (tertiary/aromatic N) is 3. The van der Waals surface area contributed by atoms with E-state index in [-0.39, 0.29) is 24.9 Å². The predicted octanol–water partition coefficient (Wildman–Crippen LogP) is 2.12. The van der Waals surface area contributed by atoms with Crippen LogP contribution in [0, 0.1) is 6.92 Å². The van der Waals surface area contributed by atoms with E-state index in [1.807, 2.05) is 0 Å². The zero-order valence-electron chi connectivity index (χ0n) is 19.3. The van der Waals surface area contributed by atoms with Crippen LogP contribution in [0.2, 0.25) is 0 Å². The second kappa shape index (κ2) is 11.9. The summed E-state index contributed by atoms with van der Waals surface area (Å²) in [5.74, 6) is 0.178. The second-order valence-electron chi connectivity index (χ2n) is 6.99. The van der Waals surface area contributed by atoms with Gasteiger partial charge in [-0.25, -0.2) is 14.7 Å². The number of benzene rings is 2. The van der Waals surface area contributed by atoms with Crippen molar-refractivity contribution in [1.82, 2.24) is 15.2 Å².